The van der Waals surface area contributed by atoms with E-state index in [-0.39, 0.29) is 34.6 Å². The third-order valence-electron chi connectivity index (χ3n) is 3.98. The predicted octanol–water partition coefficient (Wildman–Crippen LogP) is 5.10. The molecule has 2 aromatic rings. The molecule has 0 aliphatic carbocycles. The Kier molecular flexibility index (Phi) is 8.28. The highest BCUT2D eigenvalue weighted by Crippen LogP contribution is 2.35. The Labute approximate surface area is 185 Å². The molecule has 30 heavy (non-hydrogen) atoms. The summed E-state index contributed by atoms with van der Waals surface area (Å²) in [7, 11) is 0. The van der Waals surface area contributed by atoms with Crippen LogP contribution in [0, 0.1) is 25.2 Å². The lowest BCUT2D eigenvalue weighted by Crippen LogP contribution is -2.15. The molecule has 0 bridgehead atoms. The number of halogens is 2. The minimum Gasteiger partial charge on any atom is -0.479 e. The summed E-state index contributed by atoms with van der Waals surface area (Å²) in [6.45, 7) is 5.34. The molecule has 156 valence electrons. The number of ether oxygens (including phenoxy) is 2. The van der Waals surface area contributed by atoms with Crippen molar-refractivity contribution in [2.24, 2.45) is 0 Å². The standard InChI is InChI=1S/C22H20Cl2N2O4/c1-4-29-20(27)12-30-21-17(23)9-15(10-18(21)24)8-16(11-25)22(28)26-19-7-13(2)5-6-14(19)3/h5-10H,4,12H2,1-3H3,(H,26,28)/b16-8+. The van der Waals surface area contributed by atoms with Crippen molar-refractivity contribution in [1.82, 2.24) is 0 Å². The summed E-state index contributed by atoms with van der Waals surface area (Å²) >= 11 is 12.4. The van der Waals surface area contributed by atoms with Crippen LogP contribution in [-0.4, -0.2) is 25.1 Å². The molecular formula is C22H20Cl2N2O4. The average molecular weight is 447 g/mol. The molecule has 0 saturated carbocycles. The molecule has 0 radical (unpaired) electrons. The number of benzene rings is 2. The maximum Gasteiger partial charge on any atom is 0.344 e. The van der Waals surface area contributed by atoms with Crippen molar-refractivity contribution in [1.29, 1.82) is 5.26 Å². The van der Waals surface area contributed by atoms with Gasteiger partial charge in [0.1, 0.15) is 11.6 Å². The first-order valence-corrected chi connectivity index (χ1v) is 9.78. The van der Waals surface area contributed by atoms with Gasteiger partial charge in [0, 0.05) is 5.69 Å². The van der Waals surface area contributed by atoms with Crippen LogP contribution in [0.1, 0.15) is 23.6 Å². The normalized spacial score (nSPS) is 10.9. The molecule has 0 aromatic heterocycles. The molecule has 1 N–H and O–H groups in total. The zero-order chi connectivity index (χ0) is 22.3. The van der Waals surface area contributed by atoms with Gasteiger partial charge in [-0.25, -0.2) is 4.79 Å². The highest BCUT2D eigenvalue weighted by atomic mass is 35.5. The van der Waals surface area contributed by atoms with Gasteiger partial charge in [0.25, 0.3) is 5.91 Å². The molecule has 0 heterocycles. The smallest absolute Gasteiger partial charge is 0.344 e. The molecule has 8 heteroatoms. The van der Waals surface area contributed by atoms with Crippen LogP contribution in [-0.2, 0) is 14.3 Å². The van der Waals surface area contributed by atoms with E-state index in [1.165, 1.54) is 18.2 Å². The molecule has 0 spiro atoms. The number of amides is 1. The van der Waals surface area contributed by atoms with Crippen molar-refractivity contribution in [2.75, 3.05) is 18.5 Å². The quantitative estimate of drug-likeness (QED) is 0.363. The van der Waals surface area contributed by atoms with Crippen LogP contribution < -0.4 is 10.1 Å². The fourth-order valence-corrected chi connectivity index (χ4v) is 3.12. The molecule has 6 nitrogen and oxygen atoms in total. The van der Waals surface area contributed by atoms with E-state index in [9.17, 15) is 14.9 Å². The first-order chi connectivity index (χ1) is 14.2. The molecule has 0 fully saturated rings. The SMILES string of the molecule is CCOC(=O)COc1c(Cl)cc(/C=C(\C#N)C(=O)Nc2cc(C)ccc2C)cc1Cl. The number of hydrogen-bond acceptors (Lipinski definition) is 5. The van der Waals surface area contributed by atoms with Crippen LogP contribution in [0.4, 0.5) is 5.69 Å². The van der Waals surface area contributed by atoms with E-state index in [1.54, 1.807) is 6.92 Å². The molecule has 0 atom stereocenters. The minimum absolute atomic E-state index is 0.113. The number of rotatable bonds is 7. The van der Waals surface area contributed by atoms with Gasteiger partial charge in [-0.15, -0.1) is 0 Å². The van der Waals surface area contributed by atoms with Gasteiger partial charge in [0.2, 0.25) is 0 Å². The Morgan fingerprint density at radius 3 is 2.43 bits per heavy atom. The minimum atomic E-state index is -0.555. The fraction of sp³-hybridized carbons (Fsp3) is 0.227. The molecule has 0 unspecified atom stereocenters. The van der Waals surface area contributed by atoms with Gasteiger partial charge in [-0.2, -0.15) is 5.26 Å². The van der Waals surface area contributed by atoms with Crippen molar-refractivity contribution >= 4 is 46.8 Å². The Hall–Kier alpha value is -3.01. The lowest BCUT2D eigenvalue weighted by molar-refractivity contribution is -0.145. The Balaban J connectivity index is 2.22. The van der Waals surface area contributed by atoms with Crippen LogP contribution >= 0.6 is 23.2 Å². The average Bonchev–Trinajstić information content (AvgIpc) is 2.68. The third kappa shape index (κ3) is 6.24. The molecule has 1 amide bonds. The second-order valence-electron chi connectivity index (χ2n) is 6.35. The summed E-state index contributed by atoms with van der Waals surface area (Å²) < 4.78 is 10.1. The zero-order valence-electron chi connectivity index (χ0n) is 16.7. The fourth-order valence-electron chi connectivity index (χ4n) is 2.51. The first kappa shape index (κ1) is 23.3. The monoisotopic (exact) mass is 446 g/mol. The number of aryl methyl sites for hydroxylation is 2. The maximum absolute atomic E-state index is 12.5. The van der Waals surface area contributed by atoms with Gasteiger partial charge in [-0.3, -0.25) is 4.79 Å². The van der Waals surface area contributed by atoms with Crippen LogP contribution in [0.15, 0.2) is 35.9 Å². The Bertz CT molecular complexity index is 1020. The van der Waals surface area contributed by atoms with Gasteiger partial charge >= 0.3 is 5.97 Å². The summed E-state index contributed by atoms with van der Waals surface area (Å²) in [6.07, 6.45) is 1.37. The molecule has 0 saturated heterocycles. The summed E-state index contributed by atoms with van der Waals surface area (Å²) in [5.41, 5.74) is 2.79. The summed E-state index contributed by atoms with van der Waals surface area (Å²) in [4.78, 5) is 24.0. The molecule has 2 rings (SSSR count). The van der Waals surface area contributed by atoms with Crippen molar-refractivity contribution in [3.63, 3.8) is 0 Å². The second-order valence-corrected chi connectivity index (χ2v) is 7.16. The summed E-state index contributed by atoms with van der Waals surface area (Å²) in [5, 5.41) is 12.4. The molecule has 2 aromatic carbocycles. The third-order valence-corrected chi connectivity index (χ3v) is 4.54. The second kappa shape index (κ2) is 10.7. The molecular weight excluding hydrogens is 427 g/mol. The van der Waals surface area contributed by atoms with Crippen molar-refractivity contribution in [3.05, 3.63) is 62.6 Å². The van der Waals surface area contributed by atoms with E-state index < -0.39 is 11.9 Å². The van der Waals surface area contributed by atoms with Gasteiger partial charge in [-0.05, 0) is 61.7 Å². The number of carbonyl (C=O) groups is 2. The topological polar surface area (TPSA) is 88.4 Å². The number of esters is 1. The molecule has 0 aliphatic heterocycles. The van der Waals surface area contributed by atoms with Gasteiger partial charge in [-0.1, -0.05) is 35.3 Å². The van der Waals surface area contributed by atoms with E-state index in [1.807, 2.05) is 38.1 Å². The van der Waals surface area contributed by atoms with E-state index in [2.05, 4.69) is 5.32 Å². The number of nitriles is 1. The van der Waals surface area contributed by atoms with E-state index in [4.69, 9.17) is 32.7 Å². The van der Waals surface area contributed by atoms with Gasteiger partial charge in [0.05, 0.1) is 16.7 Å². The van der Waals surface area contributed by atoms with Crippen LogP contribution in [0.3, 0.4) is 0 Å². The highest BCUT2D eigenvalue weighted by molar-refractivity contribution is 6.37. The van der Waals surface area contributed by atoms with E-state index >= 15 is 0 Å². The highest BCUT2D eigenvalue weighted by Gasteiger charge is 2.15. The van der Waals surface area contributed by atoms with Crippen molar-refractivity contribution in [2.45, 2.75) is 20.8 Å². The predicted molar refractivity (Wildman–Crippen MR) is 117 cm³/mol. The van der Waals surface area contributed by atoms with Gasteiger partial charge < -0.3 is 14.8 Å². The summed E-state index contributed by atoms with van der Waals surface area (Å²) in [5.74, 6) is -0.994. The van der Waals surface area contributed by atoms with Crippen LogP contribution in [0.2, 0.25) is 10.0 Å². The number of anilines is 1. The maximum atomic E-state index is 12.5. The van der Waals surface area contributed by atoms with Gasteiger partial charge in [0.15, 0.2) is 12.4 Å². The van der Waals surface area contributed by atoms with E-state index in [0.29, 0.717) is 11.3 Å². The lowest BCUT2D eigenvalue weighted by atomic mass is 10.1. The largest absolute Gasteiger partial charge is 0.479 e. The number of hydrogen-bond donors (Lipinski definition) is 1. The van der Waals surface area contributed by atoms with Crippen LogP contribution in [0.25, 0.3) is 6.08 Å². The Morgan fingerprint density at radius 2 is 1.83 bits per heavy atom. The number of nitrogens with zero attached hydrogens (tertiary/aromatic N) is 1. The Morgan fingerprint density at radius 1 is 1.17 bits per heavy atom. The number of nitrogens with one attached hydrogen (secondary N) is 1. The van der Waals surface area contributed by atoms with E-state index in [0.717, 1.165) is 11.1 Å². The summed E-state index contributed by atoms with van der Waals surface area (Å²) in [6, 6.07) is 10.5. The van der Waals surface area contributed by atoms with Crippen LogP contribution in [0.5, 0.6) is 5.75 Å². The lowest BCUT2D eigenvalue weighted by Gasteiger charge is -2.11. The van der Waals surface area contributed by atoms with Crippen molar-refractivity contribution < 1.29 is 19.1 Å². The molecule has 0 aliphatic rings. The first-order valence-electron chi connectivity index (χ1n) is 9.03. The van der Waals surface area contributed by atoms with Crippen molar-refractivity contribution in [3.8, 4) is 11.8 Å². The number of carbonyl (C=O) groups excluding carboxylic acids is 2. The zero-order valence-corrected chi connectivity index (χ0v) is 18.2.